The van der Waals surface area contributed by atoms with Gasteiger partial charge in [0, 0.05) is 23.1 Å². The van der Waals surface area contributed by atoms with Gasteiger partial charge in [0.25, 0.3) is 0 Å². The van der Waals surface area contributed by atoms with Crippen LogP contribution >= 0.6 is 0 Å². The number of aromatic nitrogens is 1. The lowest BCUT2D eigenvalue weighted by molar-refractivity contribution is -0.655. The Bertz CT molecular complexity index is 746. The first-order chi connectivity index (χ1) is 9.88. The van der Waals surface area contributed by atoms with Crippen LogP contribution in [0.1, 0.15) is 5.56 Å². The van der Waals surface area contributed by atoms with E-state index in [0.717, 1.165) is 11.1 Å². The molecule has 0 radical (unpaired) electrons. The molecular weight excluding hydrogens is 248 g/mol. The molecule has 3 heteroatoms. The molecule has 0 fully saturated rings. The summed E-state index contributed by atoms with van der Waals surface area (Å²) in [5.74, 6) is 0. The van der Waals surface area contributed by atoms with E-state index < -0.39 is 0 Å². The van der Waals surface area contributed by atoms with Crippen LogP contribution in [-0.2, 0) is 6.54 Å². The van der Waals surface area contributed by atoms with E-state index in [1.54, 1.807) is 0 Å². The van der Waals surface area contributed by atoms with Crippen LogP contribution in [0.2, 0.25) is 0 Å². The molecule has 98 valence electrons. The number of hydrogen-bond acceptors (Lipinski definition) is 2. The van der Waals surface area contributed by atoms with Crippen LogP contribution in [0, 0.1) is 0 Å². The lowest BCUT2D eigenvalue weighted by atomic mass is 10.1. The van der Waals surface area contributed by atoms with Gasteiger partial charge in [-0.05, 0) is 12.1 Å². The summed E-state index contributed by atoms with van der Waals surface area (Å²) >= 11 is 0. The first kappa shape index (κ1) is 12.4. The number of benzene rings is 2. The molecule has 0 amide bonds. The third-order valence-electron chi connectivity index (χ3n) is 3.34. The molecule has 1 aromatic heterocycles. The van der Waals surface area contributed by atoms with Crippen molar-refractivity contribution in [3.05, 3.63) is 78.5 Å². The second-order valence-electron chi connectivity index (χ2n) is 4.61. The Kier molecular flexibility index (Phi) is 3.42. The molecule has 3 aromatic rings. The summed E-state index contributed by atoms with van der Waals surface area (Å²) in [4.78, 5) is 0. The summed E-state index contributed by atoms with van der Waals surface area (Å²) in [6.45, 7) is 0.530. The Balaban J connectivity index is 2.01. The van der Waals surface area contributed by atoms with Crippen LogP contribution in [0.15, 0.2) is 78.1 Å². The smallest absolute Gasteiger partial charge is 0.212 e. The van der Waals surface area contributed by atoms with Crippen molar-refractivity contribution in [2.45, 2.75) is 6.54 Å². The van der Waals surface area contributed by atoms with Crippen LogP contribution in [-0.4, -0.2) is 10.9 Å². The van der Waals surface area contributed by atoms with Gasteiger partial charge in [-0.25, -0.2) is 0 Å². The summed E-state index contributed by atoms with van der Waals surface area (Å²) in [6, 6.07) is 22.0. The molecule has 1 heterocycles. The predicted octanol–water partition coefficient (Wildman–Crippen LogP) is 3.01. The topological polar surface area (TPSA) is 36.5 Å². The highest BCUT2D eigenvalue weighted by Gasteiger charge is 2.13. The number of para-hydroxylation sites is 1. The van der Waals surface area contributed by atoms with Crippen molar-refractivity contribution in [3.63, 3.8) is 0 Å². The molecule has 0 unspecified atom stereocenters. The molecule has 0 atom stereocenters. The number of pyridine rings is 1. The van der Waals surface area contributed by atoms with Gasteiger partial charge >= 0.3 is 0 Å². The van der Waals surface area contributed by atoms with Gasteiger partial charge in [-0.1, -0.05) is 47.6 Å². The first-order valence-corrected chi connectivity index (χ1v) is 6.52. The second-order valence-corrected chi connectivity index (χ2v) is 4.61. The molecule has 0 saturated heterocycles. The van der Waals surface area contributed by atoms with Gasteiger partial charge in [-0.15, -0.1) is 0 Å². The van der Waals surface area contributed by atoms with Gasteiger partial charge < -0.3 is 5.21 Å². The fraction of sp³-hybridized carbons (Fsp3) is 0.0588. The Morgan fingerprint density at radius 1 is 0.900 bits per heavy atom. The lowest BCUT2D eigenvalue weighted by Crippen LogP contribution is -2.38. The van der Waals surface area contributed by atoms with Crippen molar-refractivity contribution in [2.24, 2.45) is 5.16 Å². The predicted molar refractivity (Wildman–Crippen MR) is 78.9 cm³/mol. The zero-order valence-corrected chi connectivity index (χ0v) is 11.0. The van der Waals surface area contributed by atoms with Crippen LogP contribution in [0.5, 0.6) is 0 Å². The maximum atomic E-state index is 9.29. The van der Waals surface area contributed by atoms with Crippen molar-refractivity contribution in [2.75, 3.05) is 0 Å². The lowest BCUT2D eigenvalue weighted by Gasteiger charge is -2.03. The Morgan fingerprint density at radius 3 is 2.40 bits per heavy atom. The molecule has 3 rings (SSSR count). The van der Waals surface area contributed by atoms with E-state index in [-0.39, 0.29) is 0 Å². The Morgan fingerprint density at radius 2 is 1.60 bits per heavy atom. The number of oxime groups is 1. The normalized spacial score (nSPS) is 11.7. The van der Waals surface area contributed by atoms with Gasteiger partial charge in [0.15, 0.2) is 18.5 Å². The van der Waals surface area contributed by atoms with Crippen LogP contribution in [0.25, 0.3) is 10.9 Å². The standard InChI is InChI=1S/C17H14N2O/c20-18-16(14-7-2-1-3-8-14)13-19-12-6-10-15-9-4-5-11-17(15)19/h1-12H,13H2/p+1/b18-16-. The largest absolute Gasteiger partial charge is 0.410 e. The molecule has 20 heavy (non-hydrogen) atoms. The van der Waals surface area contributed by atoms with E-state index in [2.05, 4.69) is 27.9 Å². The maximum Gasteiger partial charge on any atom is 0.212 e. The number of fused-ring (bicyclic) bond motifs is 1. The first-order valence-electron chi connectivity index (χ1n) is 6.52. The molecule has 0 aliphatic carbocycles. The average Bonchev–Trinajstić information content (AvgIpc) is 2.53. The summed E-state index contributed by atoms with van der Waals surface area (Å²) in [5, 5.41) is 13.9. The van der Waals surface area contributed by atoms with E-state index in [9.17, 15) is 5.21 Å². The highest BCUT2D eigenvalue weighted by Crippen LogP contribution is 2.09. The number of rotatable bonds is 3. The Labute approximate surface area is 117 Å². The fourth-order valence-electron chi connectivity index (χ4n) is 2.33. The molecule has 2 aromatic carbocycles. The zero-order valence-electron chi connectivity index (χ0n) is 11.0. The minimum absolute atomic E-state index is 0.530. The molecule has 0 aliphatic heterocycles. The maximum absolute atomic E-state index is 9.29. The molecule has 0 aliphatic rings. The SMILES string of the molecule is O/N=C(/C[n+]1cccc2ccccc21)c1ccccc1. The summed E-state index contributed by atoms with van der Waals surface area (Å²) < 4.78 is 2.08. The zero-order chi connectivity index (χ0) is 13.8. The van der Waals surface area contributed by atoms with Gasteiger partial charge in [0.05, 0.1) is 0 Å². The van der Waals surface area contributed by atoms with Crippen LogP contribution < -0.4 is 4.57 Å². The van der Waals surface area contributed by atoms with Crippen molar-refractivity contribution in [1.29, 1.82) is 0 Å². The third kappa shape index (κ3) is 2.38. The van der Waals surface area contributed by atoms with E-state index in [1.165, 1.54) is 5.39 Å². The monoisotopic (exact) mass is 263 g/mol. The minimum Gasteiger partial charge on any atom is -0.410 e. The Hall–Kier alpha value is -2.68. The number of hydrogen-bond donors (Lipinski definition) is 1. The van der Waals surface area contributed by atoms with Gasteiger partial charge in [-0.3, -0.25) is 0 Å². The van der Waals surface area contributed by atoms with E-state index in [4.69, 9.17) is 0 Å². The molecule has 0 saturated carbocycles. The fourth-order valence-corrected chi connectivity index (χ4v) is 2.33. The van der Waals surface area contributed by atoms with Crippen molar-refractivity contribution in [1.82, 2.24) is 0 Å². The number of nitrogens with zero attached hydrogens (tertiary/aromatic N) is 2. The molecular formula is C17H15N2O+. The van der Waals surface area contributed by atoms with E-state index >= 15 is 0 Å². The van der Waals surface area contributed by atoms with E-state index in [0.29, 0.717) is 12.3 Å². The highest BCUT2D eigenvalue weighted by molar-refractivity contribution is 5.99. The second kappa shape index (κ2) is 5.53. The highest BCUT2D eigenvalue weighted by atomic mass is 16.4. The van der Waals surface area contributed by atoms with Gasteiger partial charge in [0.1, 0.15) is 0 Å². The summed E-state index contributed by atoms with van der Waals surface area (Å²) in [7, 11) is 0. The van der Waals surface area contributed by atoms with Crippen molar-refractivity contribution < 1.29 is 9.77 Å². The molecule has 3 nitrogen and oxygen atoms in total. The van der Waals surface area contributed by atoms with Gasteiger partial charge in [0.2, 0.25) is 5.52 Å². The molecule has 0 bridgehead atoms. The minimum atomic E-state index is 0.530. The van der Waals surface area contributed by atoms with Crippen molar-refractivity contribution in [3.8, 4) is 0 Å². The van der Waals surface area contributed by atoms with Crippen LogP contribution in [0.3, 0.4) is 0 Å². The van der Waals surface area contributed by atoms with E-state index in [1.807, 2.05) is 54.7 Å². The third-order valence-corrected chi connectivity index (χ3v) is 3.34. The molecule has 0 spiro atoms. The van der Waals surface area contributed by atoms with Crippen LogP contribution in [0.4, 0.5) is 0 Å². The van der Waals surface area contributed by atoms with Gasteiger partial charge in [-0.2, -0.15) is 4.57 Å². The average molecular weight is 263 g/mol. The van der Waals surface area contributed by atoms with Crippen molar-refractivity contribution >= 4 is 16.6 Å². The summed E-state index contributed by atoms with van der Waals surface area (Å²) in [5.41, 5.74) is 2.69. The summed E-state index contributed by atoms with van der Waals surface area (Å²) in [6.07, 6.45) is 2.00. The quantitative estimate of drug-likeness (QED) is 0.335. The molecule has 1 N–H and O–H groups in total.